The predicted molar refractivity (Wildman–Crippen MR) is 48.4 cm³/mol. The smallest absolute Gasteiger partial charge is 0.170 e. The van der Waals surface area contributed by atoms with E-state index < -0.39 is 18.0 Å². The number of nitriles is 1. The van der Waals surface area contributed by atoms with Crippen LogP contribution in [0, 0.1) is 17.1 Å². The van der Waals surface area contributed by atoms with Crippen molar-refractivity contribution in [2.45, 2.75) is 12.2 Å². The maximum Gasteiger partial charge on any atom is 0.170 e. The normalized spacial score (nSPS) is 14.0. The highest BCUT2D eigenvalue weighted by molar-refractivity contribution is 5.77. The van der Waals surface area contributed by atoms with Crippen LogP contribution in [-0.4, -0.2) is 22.6 Å². The average Bonchev–Trinajstić information content (AvgIpc) is 2.27. The van der Waals surface area contributed by atoms with Crippen LogP contribution in [0.3, 0.4) is 0 Å². The Kier molecular flexibility index (Phi) is 3.50. The van der Waals surface area contributed by atoms with Gasteiger partial charge in [0.1, 0.15) is 18.2 Å². The fourth-order valence-electron chi connectivity index (χ4n) is 1.15. The number of halogens is 1. The van der Waals surface area contributed by atoms with Crippen LogP contribution in [-0.2, 0) is 0 Å². The molecule has 78 valence electrons. The van der Waals surface area contributed by atoms with E-state index in [9.17, 15) is 14.3 Å². The zero-order chi connectivity index (χ0) is 11.4. The number of nitrogens with zero attached hydrogens (tertiary/aromatic N) is 1. The van der Waals surface area contributed by atoms with Crippen LogP contribution in [0.2, 0.25) is 0 Å². The lowest BCUT2D eigenvalue weighted by molar-refractivity contribution is 0.0520. The van der Waals surface area contributed by atoms with Gasteiger partial charge in [0.15, 0.2) is 6.10 Å². The van der Waals surface area contributed by atoms with E-state index in [1.54, 1.807) is 0 Å². The topological polar surface area (TPSA) is 81.3 Å². The maximum atomic E-state index is 12.8. The van der Waals surface area contributed by atoms with Gasteiger partial charge in [0.05, 0.1) is 6.07 Å². The summed E-state index contributed by atoms with van der Waals surface area (Å²) in [5, 5.41) is 26.8. The third-order valence-electron chi connectivity index (χ3n) is 1.93. The molecule has 2 unspecified atom stereocenters. The fourth-order valence-corrected chi connectivity index (χ4v) is 1.15. The second kappa shape index (κ2) is 4.64. The van der Waals surface area contributed by atoms with E-state index in [2.05, 4.69) is 0 Å². The lowest BCUT2D eigenvalue weighted by Crippen LogP contribution is -2.17. The van der Waals surface area contributed by atoms with Gasteiger partial charge < -0.3 is 10.2 Å². The molecule has 0 amide bonds. The Balaban J connectivity index is 3.17. The summed E-state index contributed by atoms with van der Waals surface area (Å²) in [6.07, 6.45) is -2.86. The summed E-state index contributed by atoms with van der Waals surface area (Å²) in [6.45, 7) is 0. The minimum Gasteiger partial charge on any atom is -0.385 e. The maximum absolute atomic E-state index is 12.8. The third-order valence-corrected chi connectivity index (χ3v) is 1.93. The third kappa shape index (κ3) is 2.37. The molecule has 2 atom stereocenters. The molecular weight excluding hydrogens is 201 g/mol. The Morgan fingerprint density at radius 1 is 1.47 bits per heavy atom. The minimum absolute atomic E-state index is 0.0400. The van der Waals surface area contributed by atoms with Crippen molar-refractivity contribution in [3.8, 4) is 6.07 Å². The molecule has 0 aromatic heterocycles. The Hall–Kier alpha value is -1.77. The summed E-state index contributed by atoms with van der Waals surface area (Å²) in [5.41, 5.74) is -0.0581. The molecule has 15 heavy (non-hydrogen) atoms. The van der Waals surface area contributed by atoms with Crippen molar-refractivity contribution in [3.63, 3.8) is 0 Å². The van der Waals surface area contributed by atoms with Gasteiger partial charge in [-0.1, -0.05) is 0 Å². The molecule has 0 radical (unpaired) electrons. The number of benzene rings is 1. The Bertz CT molecular complexity index is 414. The summed E-state index contributed by atoms with van der Waals surface area (Å²) >= 11 is 0. The van der Waals surface area contributed by atoms with Crippen molar-refractivity contribution in [2.24, 2.45) is 0 Å². The lowest BCUT2D eigenvalue weighted by Gasteiger charge is -2.13. The summed E-state index contributed by atoms with van der Waals surface area (Å²) in [7, 11) is 0. The van der Waals surface area contributed by atoms with Crippen LogP contribution >= 0.6 is 0 Å². The standard InChI is InChI=1S/C10H8FNO3/c11-7-2-1-6(5-13)8(3-7)10(15)9(14)4-12/h1-3,5,9-10,14-15H. The molecule has 2 N–H and O–H groups in total. The molecule has 0 bridgehead atoms. The summed E-state index contributed by atoms with van der Waals surface area (Å²) < 4.78 is 12.8. The molecule has 0 spiro atoms. The predicted octanol–water partition coefficient (Wildman–Crippen LogP) is 0.556. The van der Waals surface area contributed by atoms with Gasteiger partial charge in [0.25, 0.3) is 0 Å². The molecule has 0 aliphatic carbocycles. The first kappa shape index (κ1) is 11.3. The molecular formula is C10H8FNO3. The molecule has 0 aliphatic heterocycles. The molecule has 0 saturated heterocycles. The zero-order valence-corrected chi connectivity index (χ0v) is 7.59. The minimum atomic E-state index is -1.69. The fraction of sp³-hybridized carbons (Fsp3) is 0.200. The number of carbonyl (C=O) groups is 1. The number of aldehydes is 1. The van der Waals surface area contributed by atoms with Gasteiger partial charge in [-0.15, -0.1) is 0 Å². The molecule has 0 heterocycles. The van der Waals surface area contributed by atoms with Crippen molar-refractivity contribution >= 4 is 6.29 Å². The Morgan fingerprint density at radius 2 is 2.13 bits per heavy atom. The van der Waals surface area contributed by atoms with Gasteiger partial charge >= 0.3 is 0 Å². The quantitative estimate of drug-likeness (QED) is 0.562. The number of rotatable bonds is 3. The zero-order valence-electron chi connectivity index (χ0n) is 7.59. The second-order valence-electron chi connectivity index (χ2n) is 2.91. The van der Waals surface area contributed by atoms with E-state index in [-0.39, 0.29) is 11.1 Å². The highest BCUT2D eigenvalue weighted by atomic mass is 19.1. The number of hydrogen-bond acceptors (Lipinski definition) is 4. The van der Waals surface area contributed by atoms with E-state index in [1.807, 2.05) is 0 Å². The van der Waals surface area contributed by atoms with Crippen LogP contribution < -0.4 is 0 Å². The number of aliphatic hydroxyl groups is 2. The Labute approximate surface area is 85.2 Å². The monoisotopic (exact) mass is 209 g/mol. The van der Waals surface area contributed by atoms with Crippen molar-refractivity contribution in [2.75, 3.05) is 0 Å². The van der Waals surface area contributed by atoms with E-state index in [0.29, 0.717) is 6.29 Å². The summed E-state index contributed by atoms with van der Waals surface area (Å²) in [4.78, 5) is 10.6. The van der Waals surface area contributed by atoms with E-state index in [1.165, 1.54) is 12.1 Å². The van der Waals surface area contributed by atoms with E-state index >= 15 is 0 Å². The first-order valence-corrected chi connectivity index (χ1v) is 4.10. The van der Waals surface area contributed by atoms with Gasteiger partial charge in [0.2, 0.25) is 0 Å². The Morgan fingerprint density at radius 3 is 2.67 bits per heavy atom. The number of aliphatic hydroxyl groups excluding tert-OH is 2. The molecule has 0 aliphatic rings. The van der Waals surface area contributed by atoms with Gasteiger partial charge in [-0.25, -0.2) is 4.39 Å². The van der Waals surface area contributed by atoms with E-state index in [0.717, 1.165) is 12.1 Å². The molecule has 0 saturated carbocycles. The van der Waals surface area contributed by atoms with Crippen molar-refractivity contribution in [1.29, 1.82) is 5.26 Å². The van der Waals surface area contributed by atoms with Crippen LogP contribution in [0.1, 0.15) is 22.0 Å². The van der Waals surface area contributed by atoms with Crippen molar-refractivity contribution in [3.05, 3.63) is 35.1 Å². The second-order valence-corrected chi connectivity index (χ2v) is 2.91. The van der Waals surface area contributed by atoms with Crippen molar-refractivity contribution in [1.82, 2.24) is 0 Å². The van der Waals surface area contributed by atoms with Gasteiger partial charge in [-0.05, 0) is 23.8 Å². The molecule has 5 heteroatoms. The van der Waals surface area contributed by atoms with Crippen LogP contribution in [0.4, 0.5) is 4.39 Å². The molecule has 1 aromatic rings. The van der Waals surface area contributed by atoms with Gasteiger partial charge in [0, 0.05) is 5.56 Å². The number of hydrogen-bond donors (Lipinski definition) is 2. The van der Waals surface area contributed by atoms with Crippen LogP contribution in [0.25, 0.3) is 0 Å². The highest BCUT2D eigenvalue weighted by Crippen LogP contribution is 2.21. The number of carbonyl (C=O) groups excluding carboxylic acids is 1. The molecule has 0 fully saturated rings. The van der Waals surface area contributed by atoms with Crippen LogP contribution in [0.5, 0.6) is 0 Å². The molecule has 1 aromatic carbocycles. The molecule has 1 rings (SSSR count). The van der Waals surface area contributed by atoms with Gasteiger partial charge in [-0.3, -0.25) is 4.79 Å². The largest absolute Gasteiger partial charge is 0.385 e. The van der Waals surface area contributed by atoms with E-state index in [4.69, 9.17) is 10.4 Å². The first-order valence-electron chi connectivity index (χ1n) is 4.10. The average molecular weight is 209 g/mol. The van der Waals surface area contributed by atoms with Gasteiger partial charge in [-0.2, -0.15) is 5.26 Å². The summed E-state index contributed by atoms with van der Waals surface area (Å²) in [6, 6.07) is 4.54. The SMILES string of the molecule is N#CC(O)C(O)c1cc(F)ccc1C=O. The van der Waals surface area contributed by atoms with Crippen molar-refractivity contribution < 1.29 is 19.4 Å². The van der Waals surface area contributed by atoms with Crippen LogP contribution in [0.15, 0.2) is 18.2 Å². The summed E-state index contributed by atoms with van der Waals surface area (Å²) in [5.74, 6) is -0.653. The first-order chi connectivity index (χ1) is 7.10. The highest BCUT2D eigenvalue weighted by Gasteiger charge is 2.21. The molecule has 4 nitrogen and oxygen atoms in total. The lowest BCUT2D eigenvalue weighted by atomic mass is 10.00.